The molecule has 0 aliphatic carbocycles. The number of hydrogen-bond acceptors (Lipinski definition) is 5. The van der Waals surface area contributed by atoms with Gasteiger partial charge in [-0.15, -0.1) is 0 Å². The molecule has 17 heavy (non-hydrogen) atoms. The van der Waals surface area contributed by atoms with Gasteiger partial charge in [-0.1, -0.05) is 11.8 Å². The third-order valence-electron chi connectivity index (χ3n) is 1.61. The molecule has 1 aromatic heterocycles. The molecule has 0 saturated heterocycles. The van der Waals surface area contributed by atoms with Crippen LogP contribution in [-0.2, 0) is 9.53 Å². The summed E-state index contributed by atoms with van der Waals surface area (Å²) in [6.07, 6.45) is 2.55. The van der Waals surface area contributed by atoms with Gasteiger partial charge in [0.1, 0.15) is 6.42 Å². The number of rotatable bonds is 3. The van der Waals surface area contributed by atoms with Crippen molar-refractivity contribution in [1.82, 2.24) is 9.97 Å². The number of carbonyl (C=O) groups excluding carboxylic acids is 1. The van der Waals surface area contributed by atoms with Crippen LogP contribution in [0.25, 0.3) is 0 Å². The molecule has 0 fully saturated rings. The van der Waals surface area contributed by atoms with E-state index in [0.29, 0.717) is 12.2 Å². The highest BCUT2D eigenvalue weighted by Gasteiger charge is 2.04. The largest absolute Gasteiger partial charge is 0.475 e. The normalized spacial score (nSPS) is 9.00. The van der Waals surface area contributed by atoms with E-state index in [1.165, 1.54) is 12.4 Å². The van der Waals surface area contributed by atoms with Crippen LogP contribution in [0.15, 0.2) is 12.4 Å². The Labute approximate surface area is 97.7 Å². The molecule has 0 aliphatic rings. The third-order valence-corrected chi connectivity index (χ3v) is 1.61. The number of aromatic nitrogens is 2. The van der Waals surface area contributed by atoms with Crippen molar-refractivity contribution in [3.8, 4) is 11.8 Å². The van der Waals surface area contributed by atoms with Crippen LogP contribution >= 0.6 is 0 Å². The molecular formula is C11H10N2O4. The number of aromatic carboxylic acids is 1. The van der Waals surface area contributed by atoms with Gasteiger partial charge in [0.25, 0.3) is 0 Å². The quantitative estimate of drug-likeness (QED) is 0.604. The molecular weight excluding hydrogens is 224 g/mol. The van der Waals surface area contributed by atoms with Crippen molar-refractivity contribution in [2.24, 2.45) is 0 Å². The number of esters is 1. The number of carboxylic acids is 1. The van der Waals surface area contributed by atoms with Crippen LogP contribution in [0.1, 0.15) is 29.5 Å². The van der Waals surface area contributed by atoms with Gasteiger partial charge < -0.3 is 9.84 Å². The van der Waals surface area contributed by atoms with E-state index >= 15 is 0 Å². The maximum atomic E-state index is 10.9. The monoisotopic (exact) mass is 234 g/mol. The number of carboxylic acid groups (broad SMARTS) is 1. The molecule has 0 bridgehead atoms. The Balaban J connectivity index is 2.60. The van der Waals surface area contributed by atoms with E-state index in [0.717, 1.165) is 0 Å². The highest BCUT2D eigenvalue weighted by molar-refractivity contribution is 5.82. The fourth-order valence-electron chi connectivity index (χ4n) is 0.933. The van der Waals surface area contributed by atoms with Crippen molar-refractivity contribution in [3.63, 3.8) is 0 Å². The molecule has 1 N–H and O–H groups in total. The smallest absolute Gasteiger partial charge is 0.373 e. The molecule has 1 rings (SSSR count). The second-order valence-electron chi connectivity index (χ2n) is 2.88. The van der Waals surface area contributed by atoms with Crippen LogP contribution in [0.2, 0.25) is 0 Å². The van der Waals surface area contributed by atoms with Crippen molar-refractivity contribution in [2.75, 3.05) is 6.61 Å². The van der Waals surface area contributed by atoms with Crippen LogP contribution in [0, 0.1) is 11.8 Å². The second kappa shape index (κ2) is 6.23. The van der Waals surface area contributed by atoms with Crippen LogP contribution in [0.3, 0.4) is 0 Å². The first-order chi connectivity index (χ1) is 8.13. The number of ether oxygens (including phenoxy) is 1. The number of hydrogen-bond donors (Lipinski definition) is 1. The summed E-state index contributed by atoms with van der Waals surface area (Å²) in [5.41, 5.74) is 0.444. The lowest BCUT2D eigenvalue weighted by atomic mass is 10.3. The average molecular weight is 234 g/mol. The number of nitrogens with zero attached hydrogens (tertiary/aromatic N) is 2. The molecule has 0 saturated carbocycles. The average Bonchev–Trinajstić information content (AvgIpc) is 2.30. The zero-order valence-electron chi connectivity index (χ0n) is 9.14. The minimum atomic E-state index is -1.20. The highest BCUT2D eigenvalue weighted by Crippen LogP contribution is 1.94. The molecule has 0 atom stereocenters. The summed E-state index contributed by atoms with van der Waals surface area (Å²) in [4.78, 5) is 28.6. The van der Waals surface area contributed by atoms with Gasteiger partial charge in [0.2, 0.25) is 5.82 Å². The molecule has 0 amide bonds. The van der Waals surface area contributed by atoms with Crippen molar-refractivity contribution in [1.29, 1.82) is 0 Å². The fourth-order valence-corrected chi connectivity index (χ4v) is 0.933. The summed E-state index contributed by atoms with van der Waals surface area (Å²) in [5, 5.41) is 8.56. The molecule has 0 unspecified atom stereocenters. The van der Waals surface area contributed by atoms with Gasteiger partial charge in [-0.05, 0) is 6.92 Å². The van der Waals surface area contributed by atoms with E-state index in [4.69, 9.17) is 5.11 Å². The first-order valence-corrected chi connectivity index (χ1v) is 4.83. The fraction of sp³-hybridized carbons (Fsp3) is 0.273. The predicted molar refractivity (Wildman–Crippen MR) is 57.1 cm³/mol. The van der Waals surface area contributed by atoms with Crippen molar-refractivity contribution in [3.05, 3.63) is 23.8 Å². The van der Waals surface area contributed by atoms with E-state index in [1.807, 2.05) is 0 Å². The number of carbonyl (C=O) groups is 2. The molecule has 1 heterocycles. The third kappa shape index (κ3) is 4.30. The van der Waals surface area contributed by atoms with Gasteiger partial charge in [0, 0.05) is 12.4 Å². The first-order valence-electron chi connectivity index (χ1n) is 4.83. The zero-order valence-corrected chi connectivity index (χ0v) is 9.14. The Morgan fingerprint density at radius 3 is 2.59 bits per heavy atom. The molecule has 6 heteroatoms. The van der Waals surface area contributed by atoms with E-state index in [9.17, 15) is 9.59 Å². The maximum absolute atomic E-state index is 10.9. The van der Waals surface area contributed by atoms with Gasteiger partial charge in [0.05, 0.1) is 12.2 Å². The van der Waals surface area contributed by atoms with Crippen molar-refractivity contribution < 1.29 is 19.4 Å². The molecule has 0 aromatic carbocycles. The summed E-state index contributed by atoms with van der Waals surface area (Å²) in [6, 6.07) is 0. The minimum Gasteiger partial charge on any atom is -0.475 e. The van der Waals surface area contributed by atoms with Crippen LogP contribution in [0.4, 0.5) is 0 Å². The Kier molecular flexibility index (Phi) is 4.63. The minimum absolute atomic E-state index is 0.0193. The van der Waals surface area contributed by atoms with E-state index < -0.39 is 11.9 Å². The lowest BCUT2D eigenvalue weighted by Crippen LogP contribution is -2.03. The van der Waals surface area contributed by atoms with Gasteiger partial charge >= 0.3 is 11.9 Å². The Hall–Kier alpha value is -2.42. The summed E-state index contributed by atoms with van der Waals surface area (Å²) in [5.74, 6) is 3.33. The predicted octanol–water partition coefficient (Wildman–Crippen LogP) is 0.479. The molecule has 0 spiro atoms. The molecule has 1 aromatic rings. The standard InChI is InChI=1S/C11H10N2O4/c1-2-17-9(14)5-3-4-8-6-12-10(11(15)16)13-7-8/h6-7H,2,5H2,1H3,(H,15,16). The first kappa shape index (κ1) is 12.6. The van der Waals surface area contributed by atoms with Gasteiger partial charge in [-0.25, -0.2) is 14.8 Å². The second-order valence-corrected chi connectivity index (χ2v) is 2.88. The maximum Gasteiger partial charge on any atom is 0.373 e. The molecule has 0 radical (unpaired) electrons. The summed E-state index contributed by atoms with van der Waals surface area (Å²) in [7, 11) is 0. The van der Waals surface area contributed by atoms with Gasteiger partial charge in [-0.2, -0.15) is 0 Å². The lowest BCUT2D eigenvalue weighted by Gasteiger charge is -1.95. The van der Waals surface area contributed by atoms with E-state index in [1.54, 1.807) is 6.92 Å². The van der Waals surface area contributed by atoms with Crippen LogP contribution in [-0.4, -0.2) is 33.6 Å². The van der Waals surface area contributed by atoms with Gasteiger partial charge in [0.15, 0.2) is 0 Å². The summed E-state index contributed by atoms with van der Waals surface area (Å²) < 4.78 is 4.68. The zero-order chi connectivity index (χ0) is 12.7. The van der Waals surface area contributed by atoms with Crippen LogP contribution < -0.4 is 0 Å². The molecule has 88 valence electrons. The highest BCUT2D eigenvalue weighted by atomic mass is 16.5. The van der Waals surface area contributed by atoms with Crippen molar-refractivity contribution >= 4 is 11.9 Å². The van der Waals surface area contributed by atoms with Crippen LogP contribution in [0.5, 0.6) is 0 Å². The lowest BCUT2D eigenvalue weighted by molar-refractivity contribution is -0.141. The Morgan fingerprint density at radius 1 is 1.41 bits per heavy atom. The van der Waals surface area contributed by atoms with Gasteiger partial charge in [-0.3, -0.25) is 4.79 Å². The summed E-state index contributed by atoms with van der Waals surface area (Å²) in [6.45, 7) is 2.03. The summed E-state index contributed by atoms with van der Waals surface area (Å²) >= 11 is 0. The molecule has 6 nitrogen and oxygen atoms in total. The topological polar surface area (TPSA) is 89.4 Å². The van der Waals surface area contributed by atoms with Crippen molar-refractivity contribution in [2.45, 2.75) is 13.3 Å². The Morgan fingerprint density at radius 2 is 2.06 bits per heavy atom. The SMILES string of the molecule is CCOC(=O)CC#Cc1cnc(C(=O)O)nc1. The van der Waals surface area contributed by atoms with E-state index in [-0.39, 0.29) is 12.2 Å². The Bertz CT molecular complexity index is 470. The van der Waals surface area contributed by atoms with E-state index in [2.05, 4.69) is 26.5 Å². The molecule has 0 aliphatic heterocycles.